The molecule has 0 bridgehead atoms. The summed E-state index contributed by atoms with van der Waals surface area (Å²) < 4.78 is 5.49. The number of ether oxygens (including phenoxy) is 1. The minimum atomic E-state index is -0.521. The van der Waals surface area contributed by atoms with E-state index in [2.05, 4.69) is 5.32 Å². The van der Waals surface area contributed by atoms with E-state index in [9.17, 15) is 9.59 Å². The van der Waals surface area contributed by atoms with E-state index in [1.165, 1.54) is 0 Å². The number of nitrogens with one attached hydrogen (secondary N) is 1. The molecule has 5 nitrogen and oxygen atoms in total. The van der Waals surface area contributed by atoms with Crippen molar-refractivity contribution >= 4 is 35.2 Å². The molecule has 166 valence electrons. The zero-order valence-electron chi connectivity index (χ0n) is 18.0. The second kappa shape index (κ2) is 9.92. The molecule has 0 saturated carbocycles. The molecule has 1 heterocycles. The Morgan fingerprint density at radius 2 is 1.71 bits per heavy atom. The maximum atomic E-state index is 13.0. The third-order valence-electron chi connectivity index (χ3n) is 5.28. The SMILES string of the molecule is CC(C)(C)OC(=O)N1CCC(C(NC(=O)c2ccc(Cl)cc2Cl)c2ccccc2)CC1. The molecule has 1 atom stereocenters. The minimum absolute atomic E-state index is 0.177. The molecule has 7 heteroatoms. The van der Waals surface area contributed by atoms with Crippen LogP contribution >= 0.6 is 23.2 Å². The number of hydrogen-bond donors (Lipinski definition) is 1. The average Bonchev–Trinajstić information content (AvgIpc) is 2.71. The largest absolute Gasteiger partial charge is 0.444 e. The average molecular weight is 463 g/mol. The molecular formula is C24H28Cl2N2O3. The Balaban J connectivity index is 1.74. The predicted octanol–water partition coefficient (Wildman–Crippen LogP) is 6.11. The van der Waals surface area contributed by atoms with Gasteiger partial charge in [0, 0.05) is 18.1 Å². The van der Waals surface area contributed by atoms with Crippen molar-refractivity contribution in [2.75, 3.05) is 13.1 Å². The summed E-state index contributed by atoms with van der Waals surface area (Å²) >= 11 is 12.2. The summed E-state index contributed by atoms with van der Waals surface area (Å²) in [6, 6.07) is 14.5. The normalized spacial score (nSPS) is 16.0. The molecule has 1 unspecified atom stereocenters. The van der Waals surface area contributed by atoms with Gasteiger partial charge in [-0.2, -0.15) is 0 Å². The first-order chi connectivity index (χ1) is 14.6. The van der Waals surface area contributed by atoms with Crippen molar-refractivity contribution in [3.63, 3.8) is 0 Å². The van der Waals surface area contributed by atoms with E-state index in [4.69, 9.17) is 27.9 Å². The van der Waals surface area contributed by atoms with E-state index in [1.54, 1.807) is 23.1 Å². The van der Waals surface area contributed by atoms with Crippen molar-refractivity contribution in [3.05, 3.63) is 69.7 Å². The summed E-state index contributed by atoms with van der Waals surface area (Å²) in [6.07, 6.45) is 1.22. The van der Waals surface area contributed by atoms with Crippen LogP contribution in [0.5, 0.6) is 0 Å². The number of amides is 2. The van der Waals surface area contributed by atoms with Gasteiger partial charge in [0.1, 0.15) is 5.60 Å². The molecule has 1 fully saturated rings. The lowest BCUT2D eigenvalue weighted by Gasteiger charge is -2.37. The van der Waals surface area contributed by atoms with Crippen LogP contribution in [0, 0.1) is 5.92 Å². The van der Waals surface area contributed by atoms with Crippen LogP contribution in [0.4, 0.5) is 4.79 Å². The van der Waals surface area contributed by atoms with Crippen molar-refractivity contribution < 1.29 is 14.3 Å². The lowest BCUT2D eigenvalue weighted by molar-refractivity contribution is 0.0167. The van der Waals surface area contributed by atoms with Crippen molar-refractivity contribution in [2.45, 2.75) is 45.3 Å². The number of nitrogens with zero attached hydrogens (tertiary/aromatic N) is 1. The highest BCUT2D eigenvalue weighted by Crippen LogP contribution is 2.32. The highest BCUT2D eigenvalue weighted by Gasteiger charge is 2.32. The number of halogens is 2. The molecule has 0 radical (unpaired) electrons. The van der Waals surface area contributed by atoms with E-state index in [0.29, 0.717) is 28.7 Å². The molecular weight excluding hydrogens is 435 g/mol. The maximum absolute atomic E-state index is 13.0. The van der Waals surface area contributed by atoms with Gasteiger partial charge in [-0.15, -0.1) is 0 Å². The van der Waals surface area contributed by atoms with Gasteiger partial charge >= 0.3 is 6.09 Å². The van der Waals surface area contributed by atoms with Gasteiger partial charge < -0.3 is 15.0 Å². The standard InChI is InChI=1S/C24H28Cl2N2O3/c1-24(2,3)31-23(30)28-13-11-17(12-14-28)21(16-7-5-4-6-8-16)27-22(29)19-10-9-18(25)15-20(19)26/h4-10,15,17,21H,11-14H2,1-3H3,(H,27,29). The van der Waals surface area contributed by atoms with E-state index in [1.807, 2.05) is 51.1 Å². The van der Waals surface area contributed by atoms with E-state index < -0.39 is 5.60 Å². The third-order valence-corrected chi connectivity index (χ3v) is 5.83. The summed E-state index contributed by atoms with van der Waals surface area (Å²) in [6.45, 7) is 6.75. The van der Waals surface area contributed by atoms with Gasteiger partial charge in [-0.25, -0.2) is 4.79 Å². The van der Waals surface area contributed by atoms with Crippen molar-refractivity contribution in [3.8, 4) is 0 Å². The number of piperidine rings is 1. The second-order valence-electron chi connectivity index (χ2n) is 8.79. The molecule has 1 aliphatic heterocycles. The molecule has 0 aliphatic carbocycles. The zero-order chi connectivity index (χ0) is 22.6. The lowest BCUT2D eigenvalue weighted by atomic mass is 9.85. The fraction of sp³-hybridized carbons (Fsp3) is 0.417. The Labute approximate surface area is 193 Å². The molecule has 2 aromatic rings. The summed E-state index contributed by atoms with van der Waals surface area (Å²) in [4.78, 5) is 27.1. The molecule has 2 amide bonds. The Morgan fingerprint density at radius 1 is 1.06 bits per heavy atom. The zero-order valence-corrected chi connectivity index (χ0v) is 19.5. The quantitative estimate of drug-likeness (QED) is 0.595. The highest BCUT2D eigenvalue weighted by atomic mass is 35.5. The number of likely N-dealkylation sites (tertiary alicyclic amines) is 1. The molecule has 3 rings (SSSR count). The monoisotopic (exact) mass is 462 g/mol. The Bertz CT molecular complexity index is 920. The first-order valence-electron chi connectivity index (χ1n) is 10.4. The molecule has 31 heavy (non-hydrogen) atoms. The van der Waals surface area contributed by atoms with Gasteiger partial charge in [-0.05, 0) is 63.3 Å². The molecule has 1 saturated heterocycles. The van der Waals surface area contributed by atoms with Gasteiger partial charge in [0.05, 0.1) is 16.6 Å². The first-order valence-corrected chi connectivity index (χ1v) is 11.2. The lowest BCUT2D eigenvalue weighted by Crippen LogP contribution is -2.44. The number of hydrogen-bond acceptors (Lipinski definition) is 3. The maximum Gasteiger partial charge on any atom is 0.410 e. The predicted molar refractivity (Wildman–Crippen MR) is 124 cm³/mol. The number of carbonyl (C=O) groups excluding carboxylic acids is 2. The van der Waals surface area contributed by atoms with Gasteiger partial charge in [0.2, 0.25) is 0 Å². The van der Waals surface area contributed by atoms with Crippen molar-refractivity contribution in [2.24, 2.45) is 5.92 Å². The van der Waals surface area contributed by atoms with Crippen LogP contribution in [-0.4, -0.2) is 35.6 Å². The van der Waals surface area contributed by atoms with Gasteiger partial charge in [0.15, 0.2) is 0 Å². The summed E-state index contributed by atoms with van der Waals surface area (Å²) in [5.41, 5.74) is 0.890. The number of benzene rings is 2. The molecule has 1 aliphatic rings. The van der Waals surface area contributed by atoms with Gasteiger partial charge in [-0.1, -0.05) is 53.5 Å². The van der Waals surface area contributed by atoms with Crippen LogP contribution in [0.15, 0.2) is 48.5 Å². The van der Waals surface area contributed by atoms with Crippen LogP contribution < -0.4 is 5.32 Å². The molecule has 2 aromatic carbocycles. The molecule has 0 spiro atoms. The smallest absolute Gasteiger partial charge is 0.410 e. The topological polar surface area (TPSA) is 58.6 Å². The van der Waals surface area contributed by atoms with E-state index in [0.717, 1.165) is 18.4 Å². The van der Waals surface area contributed by atoms with Crippen LogP contribution in [0.3, 0.4) is 0 Å². The fourth-order valence-corrected chi connectivity index (χ4v) is 4.26. The van der Waals surface area contributed by atoms with Crippen LogP contribution in [-0.2, 0) is 4.74 Å². The van der Waals surface area contributed by atoms with Crippen molar-refractivity contribution in [1.82, 2.24) is 10.2 Å². The first kappa shape index (κ1) is 23.4. The van der Waals surface area contributed by atoms with Crippen LogP contribution in [0.25, 0.3) is 0 Å². The van der Waals surface area contributed by atoms with Gasteiger partial charge in [-0.3, -0.25) is 4.79 Å². The van der Waals surface area contributed by atoms with Crippen LogP contribution in [0.1, 0.15) is 55.6 Å². The summed E-state index contributed by atoms with van der Waals surface area (Å²) in [5.74, 6) is -0.0683. The molecule has 0 aromatic heterocycles. The fourth-order valence-electron chi connectivity index (χ4n) is 3.77. The Morgan fingerprint density at radius 3 is 2.29 bits per heavy atom. The van der Waals surface area contributed by atoms with Crippen molar-refractivity contribution in [1.29, 1.82) is 0 Å². The summed E-state index contributed by atoms with van der Waals surface area (Å²) in [7, 11) is 0. The second-order valence-corrected chi connectivity index (χ2v) is 9.63. The Kier molecular flexibility index (Phi) is 7.50. The number of carbonyl (C=O) groups is 2. The third kappa shape index (κ3) is 6.37. The minimum Gasteiger partial charge on any atom is -0.444 e. The summed E-state index contributed by atoms with van der Waals surface area (Å²) in [5, 5.41) is 3.96. The Hall–Kier alpha value is -2.24. The van der Waals surface area contributed by atoms with E-state index in [-0.39, 0.29) is 24.0 Å². The number of rotatable bonds is 4. The van der Waals surface area contributed by atoms with Gasteiger partial charge in [0.25, 0.3) is 5.91 Å². The highest BCUT2D eigenvalue weighted by molar-refractivity contribution is 6.36. The van der Waals surface area contributed by atoms with E-state index >= 15 is 0 Å². The molecule has 1 N–H and O–H groups in total. The van der Waals surface area contributed by atoms with Crippen LogP contribution in [0.2, 0.25) is 10.0 Å².